The molecule has 19 heavy (non-hydrogen) atoms. The topological polar surface area (TPSA) is 50.8 Å². The van der Waals surface area contributed by atoms with Crippen LogP contribution in [-0.2, 0) is 12.8 Å². The van der Waals surface area contributed by atoms with Crippen LogP contribution in [0.4, 0.5) is 0 Å². The minimum Gasteiger partial charge on any atom is -0.492 e. The van der Waals surface area contributed by atoms with Crippen molar-refractivity contribution in [3.63, 3.8) is 0 Å². The van der Waals surface area contributed by atoms with Gasteiger partial charge in [-0.25, -0.2) is 0 Å². The van der Waals surface area contributed by atoms with E-state index in [9.17, 15) is 0 Å². The lowest BCUT2D eigenvalue weighted by Crippen LogP contribution is -2.01. The molecule has 0 spiro atoms. The first-order valence-corrected chi connectivity index (χ1v) is 6.91. The highest BCUT2D eigenvalue weighted by Crippen LogP contribution is 2.33. The average Bonchev–Trinajstić information content (AvgIpc) is 2.88. The SMILES string of the molecule is CCCOc1c(Cl)cc(Cl)cc1CCc1cn[nH]n1. The van der Waals surface area contributed by atoms with Crippen molar-refractivity contribution in [1.29, 1.82) is 0 Å². The second kappa shape index (κ2) is 6.78. The highest BCUT2D eigenvalue weighted by atomic mass is 35.5. The molecule has 0 radical (unpaired) electrons. The minimum atomic E-state index is 0.552. The van der Waals surface area contributed by atoms with Crippen molar-refractivity contribution in [2.45, 2.75) is 26.2 Å². The molecule has 0 fully saturated rings. The zero-order chi connectivity index (χ0) is 13.7. The summed E-state index contributed by atoms with van der Waals surface area (Å²) in [5.74, 6) is 0.719. The molecule has 0 unspecified atom stereocenters. The van der Waals surface area contributed by atoms with Gasteiger partial charge in [-0.2, -0.15) is 15.4 Å². The van der Waals surface area contributed by atoms with E-state index in [0.717, 1.165) is 36.3 Å². The van der Waals surface area contributed by atoms with Crippen molar-refractivity contribution in [3.05, 3.63) is 39.6 Å². The van der Waals surface area contributed by atoms with Crippen LogP contribution < -0.4 is 4.74 Å². The Morgan fingerprint density at radius 3 is 2.79 bits per heavy atom. The number of aromatic nitrogens is 3. The third kappa shape index (κ3) is 3.85. The Kier molecular flexibility index (Phi) is 5.05. The summed E-state index contributed by atoms with van der Waals surface area (Å²) in [6.45, 7) is 2.69. The molecule has 0 amide bonds. The molecule has 0 bridgehead atoms. The van der Waals surface area contributed by atoms with Gasteiger partial charge in [0, 0.05) is 5.02 Å². The first-order chi connectivity index (χ1) is 9.20. The minimum absolute atomic E-state index is 0.552. The van der Waals surface area contributed by atoms with Gasteiger partial charge in [0.2, 0.25) is 0 Å². The fourth-order valence-corrected chi connectivity index (χ4v) is 2.36. The lowest BCUT2D eigenvalue weighted by atomic mass is 10.1. The molecular formula is C13H15Cl2N3O. The van der Waals surface area contributed by atoms with E-state index in [1.54, 1.807) is 12.3 Å². The van der Waals surface area contributed by atoms with Gasteiger partial charge in [0.15, 0.2) is 0 Å². The smallest absolute Gasteiger partial charge is 0.141 e. The lowest BCUT2D eigenvalue weighted by molar-refractivity contribution is 0.314. The number of H-pyrrole nitrogens is 1. The average molecular weight is 300 g/mol. The Bertz CT molecular complexity index is 529. The van der Waals surface area contributed by atoms with Gasteiger partial charge in [0.1, 0.15) is 5.75 Å². The zero-order valence-corrected chi connectivity index (χ0v) is 12.1. The fraction of sp³-hybridized carbons (Fsp3) is 0.385. The van der Waals surface area contributed by atoms with Crippen LogP contribution >= 0.6 is 23.2 Å². The normalized spacial score (nSPS) is 10.7. The number of aryl methyl sites for hydroxylation is 2. The summed E-state index contributed by atoms with van der Waals surface area (Å²) in [7, 11) is 0. The standard InChI is InChI=1S/C13H15Cl2N3O/c1-2-5-19-13-9(6-10(14)7-12(13)15)3-4-11-8-16-18-17-11/h6-8H,2-5H2,1H3,(H,16,17,18). The third-order valence-electron chi connectivity index (χ3n) is 2.65. The second-order valence-electron chi connectivity index (χ2n) is 4.19. The van der Waals surface area contributed by atoms with E-state index in [1.165, 1.54) is 0 Å². The number of nitrogens with zero attached hydrogens (tertiary/aromatic N) is 2. The number of rotatable bonds is 6. The molecule has 2 rings (SSSR count). The van der Waals surface area contributed by atoms with Crippen LogP contribution in [-0.4, -0.2) is 22.0 Å². The van der Waals surface area contributed by atoms with Gasteiger partial charge < -0.3 is 4.74 Å². The molecule has 6 heteroatoms. The number of nitrogens with one attached hydrogen (secondary N) is 1. The van der Waals surface area contributed by atoms with Crippen molar-refractivity contribution in [2.75, 3.05) is 6.61 Å². The maximum absolute atomic E-state index is 6.19. The largest absolute Gasteiger partial charge is 0.492 e. The van der Waals surface area contributed by atoms with Crippen LogP contribution in [0, 0.1) is 0 Å². The summed E-state index contributed by atoms with van der Waals surface area (Å²) in [6, 6.07) is 3.59. The van der Waals surface area contributed by atoms with Gasteiger partial charge in [-0.05, 0) is 37.0 Å². The summed E-state index contributed by atoms with van der Waals surface area (Å²) in [5, 5.41) is 11.6. The third-order valence-corrected chi connectivity index (χ3v) is 3.15. The van der Waals surface area contributed by atoms with E-state index in [-0.39, 0.29) is 0 Å². The number of aromatic amines is 1. The molecule has 0 atom stereocenters. The first-order valence-electron chi connectivity index (χ1n) is 6.16. The van der Waals surface area contributed by atoms with Crippen LogP contribution in [0.2, 0.25) is 10.0 Å². The summed E-state index contributed by atoms with van der Waals surface area (Å²) < 4.78 is 5.71. The molecular weight excluding hydrogens is 285 g/mol. The Labute approximate surface area is 122 Å². The maximum Gasteiger partial charge on any atom is 0.141 e. The number of benzene rings is 1. The van der Waals surface area contributed by atoms with Crippen LogP contribution in [0.3, 0.4) is 0 Å². The number of ether oxygens (including phenoxy) is 1. The van der Waals surface area contributed by atoms with Gasteiger partial charge >= 0.3 is 0 Å². The summed E-state index contributed by atoms with van der Waals surface area (Å²) in [5.41, 5.74) is 1.89. The monoisotopic (exact) mass is 299 g/mol. The van der Waals surface area contributed by atoms with E-state index < -0.39 is 0 Å². The molecule has 1 aromatic heterocycles. The lowest BCUT2D eigenvalue weighted by Gasteiger charge is -2.13. The van der Waals surface area contributed by atoms with E-state index in [1.807, 2.05) is 6.07 Å². The quantitative estimate of drug-likeness (QED) is 0.885. The Morgan fingerprint density at radius 1 is 1.26 bits per heavy atom. The molecule has 1 heterocycles. The second-order valence-corrected chi connectivity index (χ2v) is 5.03. The van der Waals surface area contributed by atoms with Crippen molar-refractivity contribution in [2.24, 2.45) is 0 Å². The molecule has 0 saturated heterocycles. The van der Waals surface area contributed by atoms with E-state index in [4.69, 9.17) is 27.9 Å². The van der Waals surface area contributed by atoms with Crippen LogP contribution in [0.25, 0.3) is 0 Å². The van der Waals surface area contributed by atoms with Crippen molar-refractivity contribution < 1.29 is 4.74 Å². The van der Waals surface area contributed by atoms with E-state index in [2.05, 4.69) is 22.3 Å². The molecule has 0 aliphatic heterocycles. The Morgan fingerprint density at radius 2 is 2.11 bits per heavy atom. The van der Waals surface area contributed by atoms with Crippen molar-refractivity contribution in [1.82, 2.24) is 15.4 Å². The van der Waals surface area contributed by atoms with Gasteiger partial charge in [-0.1, -0.05) is 30.1 Å². The highest BCUT2D eigenvalue weighted by molar-refractivity contribution is 6.35. The first kappa shape index (κ1) is 14.2. The molecule has 4 nitrogen and oxygen atoms in total. The zero-order valence-electron chi connectivity index (χ0n) is 10.6. The number of hydrogen-bond donors (Lipinski definition) is 1. The predicted molar refractivity (Wildman–Crippen MR) is 76.0 cm³/mol. The summed E-state index contributed by atoms with van der Waals surface area (Å²) >= 11 is 12.2. The van der Waals surface area contributed by atoms with E-state index in [0.29, 0.717) is 16.7 Å². The predicted octanol–water partition coefficient (Wildman–Crippen LogP) is 3.69. The molecule has 1 aromatic carbocycles. The highest BCUT2D eigenvalue weighted by Gasteiger charge is 2.11. The Hall–Kier alpha value is -1.26. The molecule has 102 valence electrons. The van der Waals surface area contributed by atoms with E-state index >= 15 is 0 Å². The van der Waals surface area contributed by atoms with Crippen LogP contribution in [0.5, 0.6) is 5.75 Å². The molecule has 0 aliphatic carbocycles. The van der Waals surface area contributed by atoms with Gasteiger partial charge in [0.25, 0.3) is 0 Å². The molecule has 1 N–H and O–H groups in total. The molecule has 0 aliphatic rings. The van der Waals surface area contributed by atoms with Crippen molar-refractivity contribution in [3.8, 4) is 5.75 Å². The maximum atomic E-state index is 6.19. The van der Waals surface area contributed by atoms with Gasteiger partial charge in [-0.15, -0.1) is 0 Å². The van der Waals surface area contributed by atoms with Crippen LogP contribution in [0.1, 0.15) is 24.6 Å². The number of hydrogen-bond acceptors (Lipinski definition) is 3. The fourth-order valence-electron chi connectivity index (χ4n) is 1.77. The van der Waals surface area contributed by atoms with Crippen molar-refractivity contribution >= 4 is 23.2 Å². The molecule has 2 aromatic rings. The summed E-state index contributed by atoms with van der Waals surface area (Å²) in [6.07, 6.45) is 4.15. The Balaban J connectivity index is 2.16. The van der Waals surface area contributed by atoms with Gasteiger partial charge in [-0.3, -0.25) is 0 Å². The number of halogens is 2. The molecule has 0 saturated carbocycles. The van der Waals surface area contributed by atoms with Gasteiger partial charge in [0.05, 0.1) is 23.5 Å². The van der Waals surface area contributed by atoms with Crippen LogP contribution in [0.15, 0.2) is 18.3 Å². The summed E-state index contributed by atoms with van der Waals surface area (Å²) in [4.78, 5) is 0.